The van der Waals surface area contributed by atoms with Gasteiger partial charge in [0, 0.05) is 5.39 Å². The molecule has 0 atom stereocenters. The second-order valence-electron chi connectivity index (χ2n) is 5.54. The minimum atomic E-state index is -4.40. The third kappa shape index (κ3) is 2.86. The lowest BCUT2D eigenvalue weighted by molar-refractivity contribution is -0.138. The summed E-state index contributed by atoms with van der Waals surface area (Å²) in [7, 11) is 0. The number of halogens is 3. The van der Waals surface area contributed by atoms with Crippen LogP contribution in [0.2, 0.25) is 0 Å². The van der Waals surface area contributed by atoms with Crippen LogP contribution in [0.3, 0.4) is 0 Å². The topological polar surface area (TPSA) is 48.5 Å². The first-order valence-corrected chi connectivity index (χ1v) is 7.51. The number of rotatable bonds is 3. The molecule has 2 aromatic carbocycles. The van der Waals surface area contributed by atoms with E-state index in [1.54, 1.807) is 23.1 Å². The molecule has 0 aliphatic carbocycles. The average molecular weight is 343 g/mol. The fraction of sp³-hybridized carbons (Fsp3) is 0.118. The van der Waals surface area contributed by atoms with Gasteiger partial charge < -0.3 is 0 Å². The molecule has 8 heteroatoms. The van der Waals surface area contributed by atoms with Gasteiger partial charge in [-0.3, -0.25) is 0 Å². The first-order valence-electron chi connectivity index (χ1n) is 7.51. The van der Waals surface area contributed by atoms with E-state index in [1.165, 1.54) is 16.8 Å². The summed E-state index contributed by atoms with van der Waals surface area (Å²) in [6.07, 6.45) is -1.13. The van der Waals surface area contributed by atoms with Crippen LogP contribution in [0.25, 0.3) is 16.7 Å². The number of aromatic nitrogens is 5. The molecule has 0 aliphatic rings. The summed E-state index contributed by atoms with van der Waals surface area (Å²) in [4.78, 5) is 0. The molecule has 0 N–H and O–H groups in total. The second-order valence-corrected chi connectivity index (χ2v) is 5.54. The number of fused-ring (bicyclic) bond motifs is 1. The molecule has 0 spiro atoms. The van der Waals surface area contributed by atoms with E-state index in [4.69, 9.17) is 0 Å². The fourth-order valence-corrected chi connectivity index (χ4v) is 2.73. The van der Waals surface area contributed by atoms with Crippen LogP contribution in [0.5, 0.6) is 0 Å². The molecule has 0 radical (unpaired) electrons. The summed E-state index contributed by atoms with van der Waals surface area (Å²) < 4.78 is 42.3. The summed E-state index contributed by atoms with van der Waals surface area (Å²) >= 11 is 0. The first-order chi connectivity index (χ1) is 12.0. The second kappa shape index (κ2) is 5.73. The van der Waals surface area contributed by atoms with Gasteiger partial charge in [0.1, 0.15) is 0 Å². The molecule has 0 aliphatic heterocycles. The maximum Gasteiger partial charge on any atom is 0.416 e. The van der Waals surface area contributed by atoms with Crippen LogP contribution < -0.4 is 0 Å². The van der Waals surface area contributed by atoms with Gasteiger partial charge in [-0.2, -0.15) is 18.3 Å². The monoisotopic (exact) mass is 343 g/mol. The molecule has 0 saturated heterocycles. The smallest absolute Gasteiger partial charge is 0.246 e. The molecule has 0 bridgehead atoms. The highest BCUT2D eigenvalue weighted by Crippen LogP contribution is 2.32. The molecule has 0 amide bonds. The molecular weight excluding hydrogens is 331 g/mol. The van der Waals surface area contributed by atoms with Gasteiger partial charge in [-0.15, -0.1) is 5.10 Å². The van der Waals surface area contributed by atoms with E-state index < -0.39 is 11.7 Å². The van der Waals surface area contributed by atoms with Gasteiger partial charge in [-0.1, -0.05) is 41.6 Å². The molecule has 2 aromatic heterocycles. The van der Waals surface area contributed by atoms with Crippen molar-refractivity contribution in [3.05, 3.63) is 72.1 Å². The van der Waals surface area contributed by atoms with E-state index in [0.717, 1.165) is 17.0 Å². The van der Waals surface area contributed by atoms with Crippen molar-refractivity contribution >= 4 is 10.9 Å². The zero-order valence-electron chi connectivity index (χ0n) is 12.9. The predicted octanol–water partition coefficient (Wildman–Crippen LogP) is 3.68. The highest BCUT2D eigenvalue weighted by molar-refractivity contribution is 5.79. The lowest BCUT2D eigenvalue weighted by Crippen LogP contribution is -2.12. The SMILES string of the molecule is FC(F)(F)c1ccccc1Cn1cc(-n2ncc3ccccc32)nn1. The maximum absolute atomic E-state index is 13.1. The molecule has 4 rings (SSSR count). The van der Waals surface area contributed by atoms with Crippen molar-refractivity contribution in [1.82, 2.24) is 24.8 Å². The lowest BCUT2D eigenvalue weighted by atomic mass is 10.1. The maximum atomic E-state index is 13.1. The highest BCUT2D eigenvalue weighted by atomic mass is 19.4. The van der Waals surface area contributed by atoms with E-state index in [0.29, 0.717) is 5.82 Å². The first kappa shape index (κ1) is 15.4. The van der Waals surface area contributed by atoms with Crippen molar-refractivity contribution in [2.45, 2.75) is 12.7 Å². The molecule has 2 heterocycles. The van der Waals surface area contributed by atoms with Crippen molar-refractivity contribution in [1.29, 1.82) is 0 Å². The van der Waals surface area contributed by atoms with Gasteiger partial charge in [0.05, 0.1) is 30.0 Å². The number of para-hydroxylation sites is 1. The van der Waals surface area contributed by atoms with Gasteiger partial charge >= 0.3 is 6.18 Å². The van der Waals surface area contributed by atoms with Crippen molar-refractivity contribution in [2.24, 2.45) is 0 Å². The lowest BCUT2D eigenvalue weighted by Gasteiger charge is -2.12. The molecular formula is C17H12F3N5. The number of nitrogens with zero attached hydrogens (tertiary/aromatic N) is 5. The van der Waals surface area contributed by atoms with Gasteiger partial charge in [-0.05, 0) is 17.7 Å². The minimum Gasteiger partial charge on any atom is -0.246 e. The van der Waals surface area contributed by atoms with Crippen LogP contribution in [0, 0.1) is 0 Å². The van der Waals surface area contributed by atoms with Gasteiger partial charge in [0.15, 0.2) is 5.82 Å². The number of alkyl halides is 3. The molecule has 0 unspecified atom stereocenters. The van der Waals surface area contributed by atoms with Crippen molar-refractivity contribution in [3.63, 3.8) is 0 Å². The molecule has 4 aromatic rings. The van der Waals surface area contributed by atoms with E-state index in [9.17, 15) is 13.2 Å². The summed E-state index contributed by atoms with van der Waals surface area (Å²) in [5.74, 6) is 0.450. The third-order valence-corrected chi connectivity index (χ3v) is 3.88. The Balaban J connectivity index is 1.67. The normalized spacial score (nSPS) is 12.0. The molecule has 25 heavy (non-hydrogen) atoms. The molecule has 0 fully saturated rings. The van der Waals surface area contributed by atoms with Crippen LogP contribution in [-0.2, 0) is 12.7 Å². The Labute approximate surface area is 140 Å². The van der Waals surface area contributed by atoms with Gasteiger partial charge in [0.25, 0.3) is 0 Å². The van der Waals surface area contributed by atoms with Crippen LogP contribution in [0.4, 0.5) is 13.2 Å². The Hall–Kier alpha value is -3.16. The van der Waals surface area contributed by atoms with E-state index in [-0.39, 0.29) is 12.1 Å². The Bertz CT molecular complexity index is 1030. The minimum absolute atomic E-state index is 0.0259. The Morgan fingerprint density at radius 3 is 2.56 bits per heavy atom. The van der Waals surface area contributed by atoms with Gasteiger partial charge in [0.2, 0.25) is 0 Å². The van der Waals surface area contributed by atoms with Crippen molar-refractivity contribution in [2.75, 3.05) is 0 Å². The highest BCUT2D eigenvalue weighted by Gasteiger charge is 2.32. The number of benzene rings is 2. The summed E-state index contributed by atoms with van der Waals surface area (Å²) in [5, 5.41) is 13.2. The van der Waals surface area contributed by atoms with Crippen LogP contribution in [-0.4, -0.2) is 24.8 Å². The Morgan fingerprint density at radius 1 is 0.960 bits per heavy atom. The van der Waals surface area contributed by atoms with Gasteiger partial charge in [-0.25, -0.2) is 9.36 Å². The number of hydrogen-bond acceptors (Lipinski definition) is 3. The fourth-order valence-electron chi connectivity index (χ4n) is 2.73. The van der Waals surface area contributed by atoms with Crippen LogP contribution >= 0.6 is 0 Å². The standard InChI is InChI=1S/C17H12F3N5/c18-17(19,20)14-7-3-1-6-13(14)10-24-11-16(22-23-24)25-15-8-4-2-5-12(15)9-21-25/h1-9,11H,10H2. The number of hydrogen-bond donors (Lipinski definition) is 0. The zero-order chi connectivity index (χ0) is 17.4. The predicted molar refractivity (Wildman–Crippen MR) is 85.2 cm³/mol. The summed E-state index contributed by atoms with van der Waals surface area (Å²) in [6, 6.07) is 13.0. The molecule has 0 saturated carbocycles. The van der Waals surface area contributed by atoms with Crippen molar-refractivity contribution in [3.8, 4) is 5.82 Å². The van der Waals surface area contributed by atoms with Crippen LogP contribution in [0.1, 0.15) is 11.1 Å². The van der Waals surface area contributed by atoms with E-state index in [1.807, 2.05) is 24.3 Å². The third-order valence-electron chi connectivity index (χ3n) is 3.88. The largest absolute Gasteiger partial charge is 0.416 e. The van der Waals surface area contributed by atoms with Crippen molar-refractivity contribution < 1.29 is 13.2 Å². The van der Waals surface area contributed by atoms with E-state index >= 15 is 0 Å². The Morgan fingerprint density at radius 2 is 1.72 bits per heavy atom. The summed E-state index contributed by atoms with van der Waals surface area (Å²) in [5.41, 5.74) is 0.318. The molecule has 126 valence electrons. The molecule has 5 nitrogen and oxygen atoms in total. The summed E-state index contributed by atoms with van der Waals surface area (Å²) in [6.45, 7) is -0.0259. The average Bonchev–Trinajstić information content (AvgIpc) is 3.21. The van der Waals surface area contributed by atoms with Crippen LogP contribution in [0.15, 0.2) is 60.9 Å². The quantitative estimate of drug-likeness (QED) is 0.570. The Kier molecular flexibility index (Phi) is 3.52. The van der Waals surface area contributed by atoms with E-state index in [2.05, 4.69) is 15.4 Å². The zero-order valence-corrected chi connectivity index (χ0v) is 12.9.